The average molecular weight is 393 g/mol. The van der Waals surface area contributed by atoms with Gasteiger partial charge in [-0.3, -0.25) is 0 Å². The molecule has 7 heteroatoms. The number of ether oxygens (including phenoxy) is 1. The second-order valence-corrected chi connectivity index (χ2v) is 7.51. The van der Waals surface area contributed by atoms with E-state index >= 15 is 0 Å². The second-order valence-electron chi connectivity index (χ2n) is 7.51. The third-order valence-electron chi connectivity index (χ3n) is 5.39. The molecule has 0 unspecified atom stereocenters. The molecular formula is C22H27N5O2. The van der Waals surface area contributed by atoms with Crippen LogP contribution < -0.4 is 20.2 Å². The minimum absolute atomic E-state index is 0.0463. The zero-order valence-corrected chi connectivity index (χ0v) is 17.2. The molecular weight excluding hydrogens is 366 g/mol. The van der Waals surface area contributed by atoms with Crippen LogP contribution in [0.3, 0.4) is 0 Å². The summed E-state index contributed by atoms with van der Waals surface area (Å²) < 4.78 is 8.32. The van der Waals surface area contributed by atoms with E-state index < -0.39 is 0 Å². The van der Waals surface area contributed by atoms with E-state index in [9.17, 15) is 4.79 Å². The maximum absolute atomic E-state index is 12.4. The fraction of sp³-hybridized carbons (Fsp3) is 0.364. The number of benzene rings is 2. The standard InChI is InChI=1S/C22H27N5O2/c1-17(2)27-22(28)26(16-23-27)20-6-4-18(5-7-20)24-12-14-25(15-13-24)19-8-10-21(29-3)11-9-19/h4-11,16-17H,12-15H2,1-3H3. The van der Waals surface area contributed by atoms with Crippen LogP contribution in [0, 0.1) is 0 Å². The molecule has 3 aromatic rings. The Morgan fingerprint density at radius 3 is 1.76 bits per heavy atom. The Morgan fingerprint density at radius 2 is 1.31 bits per heavy atom. The number of aromatic nitrogens is 3. The maximum Gasteiger partial charge on any atom is 0.350 e. The predicted molar refractivity (Wildman–Crippen MR) is 116 cm³/mol. The highest BCUT2D eigenvalue weighted by Crippen LogP contribution is 2.23. The third-order valence-corrected chi connectivity index (χ3v) is 5.39. The number of piperazine rings is 1. The molecule has 0 bridgehead atoms. The van der Waals surface area contributed by atoms with Crippen LogP contribution in [-0.4, -0.2) is 47.6 Å². The molecule has 0 atom stereocenters. The normalized spacial score (nSPS) is 14.5. The molecule has 1 aliphatic heterocycles. The molecule has 29 heavy (non-hydrogen) atoms. The highest BCUT2D eigenvalue weighted by molar-refractivity contribution is 5.54. The van der Waals surface area contributed by atoms with E-state index in [0.717, 1.165) is 37.6 Å². The summed E-state index contributed by atoms with van der Waals surface area (Å²) in [6, 6.07) is 16.4. The molecule has 1 fully saturated rings. The van der Waals surface area contributed by atoms with Crippen molar-refractivity contribution >= 4 is 11.4 Å². The van der Waals surface area contributed by atoms with Crippen molar-refractivity contribution in [1.29, 1.82) is 0 Å². The summed E-state index contributed by atoms with van der Waals surface area (Å²) in [5.74, 6) is 0.880. The molecule has 0 amide bonds. The van der Waals surface area contributed by atoms with Gasteiger partial charge in [0.05, 0.1) is 18.8 Å². The average Bonchev–Trinajstić information content (AvgIpc) is 3.16. The fourth-order valence-electron chi connectivity index (χ4n) is 3.69. The lowest BCUT2D eigenvalue weighted by Gasteiger charge is -2.37. The summed E-state index contributed by atoms with van der Waals surface area (Å²) >= 11 is 0. The van der Waals surface area contributed by atoms with Gasteiger partial charge in [0.1, 0.15) is 12.1 Å². The number of nitrogens with zero attached hydrogens (tertiary/aromatic N) is 5. The molecule has 152 valence electrons. The van der Waals surface area contributed by atoms with Gasteiger partial charge in [-0.2, -0.15) is 5.10 Å². The first kappa shape index (κ1) is 19.1. The smallest absolute Gasteiger partial charge is 0.350 e. The van der Waals surface area contributed by atoms with Gasteiger partial charge in [-0.15, -0.1) is 0 Å². The van der Waals surface area contributed by atoms with E-state index in [4.69, 9.17) is 4.74 Å². The first-order valence-corrected chi connectivity index (χ1v) is 9.97. The Balaban J connectivity index is 1.42. The van der Waals surface area contributed by atoms with Crippen LogP contribution in [0.2, 0.25) is 0 Å². The topological polar surface area (TPSA) is 55.5 Å². The summed E-state index contributed by atoms with van der Waals surface area (Å²) in [7, 11) is 1.69. The molecule has 2 aromatic carbocycles. The van der Waals surface area contributed by atoms with E-state index in [1.807, 2.05) is 38.1 Å². The summed E-state index contributed by atoms with van der Waals surface area (Å²) in [6.45, 7) is 7.75. The van der Waals surface area contributed by atoms with Crippen molar-refractivity contribution < 1.29 is 4.74 Å². The number of hydrogen-bond donors (Lipinski definition) is 0. The summed E-state index contributed by atoms with van der Waals surface area (Å²) in [5.41, 5.74) is 3.12. The highest BCUT2D eigenvalue weighted by Gasteiger charge is 2.18. The van der Waals surface area contributed by atoms with Crippen LogP contribution >= 0.6 is 0 Å². The fourth-order valence-corrected chi connectivity index (χ4v) is 3.69. The van der Waals surface area contributed by atoms with Crippen LogP contribution in [0.4, 0.5) is 11.4 Å². The zero-order valence-electron chi connectivity index (χ0n) is 17.2. The number of rotatable bonds is 5. The Hall–Kier alpha value is -3.22. The van der Waals surface area contributed by atoms with Gasteiger partial charge in [-0.05, 0) is 62.4 Å². The minimum Gasteiger partial charge on any atom is -0.497 e. The van der Waals surface area contributed by atoms with Crippen molar-refractivity contribution in [2.75, 3.05) is 43.1 Å². The van der Waals surface area contributed by atoms with Crippen molar-refractivity contribution in [3.05, 3.63) is 65.3 Å². The summed E-state index contributed by atoms with van der Waals surface area (Å²) in [4.78, 5) is 17.2. The van der Waals surface area contributed by atoms with Crippen LogP contribution in [-0.2, 0) is 0 Å². The number of methoxy groups -OCH3 is 1. The molecule has 7 nitrogen and oxygen atoms in total. The Kier molecular flexibility index (Phi) is 5.29. The van der Waals surface area contributed by atoms with E-state index in [1.165, 1.54) is 16.1 Å². The second kappa shape index (κ2) is 8.03. The van der Waals surface area contributed by atoms with Crippen LogP contribution in [0.15, 0.2) is 59.7 Å². The highest BCUT2D eigenvalue weighted by atomic mass is 16.5. The molecule has 0 aliphatic carbocycles. The quantitative estimate of drug-likeness (QED) is 0.667. The number of anilines is 2. The van der Waals surface area contributed by atoms with Crippen molar-refractivity contribution in [2.24, 2.45) is 0 Å². The van der Waals surface area contributed by atoms with Gasteiger partial charge in [-0.1, -0.05) is 0 Å². The van der Waals surface area contributed by atoms with Gasteiger partial charge < -0.3 is 14.5 Å². The molecule has 4 rings (SSSR count). The maximum atomic E-state index is 12.4. The van der Waals surface area contributed by atoms with Crippen LogP contribution in [0.5, 0.6) is 5.75 Å². The van der Waals surface area contributed by atoms with Crippen molar-refractivity contribution in [3.8, 4) is 11.4 Å². The van der Waals surface area contributed by atoms with E-state index in [0.29, 0.717) is 0 Å². The lowest BCUT2D eigenvalue weighted by molar-refractivity contribution is 0.415. The lowest BCUT2D eigenvalue weighted by atomic mass is 10.2. The minimum atomic E-state index is -0.110. The van der Waals surface area contributed by atoms with E-state index in [1.54, 1.807) is 18.0 Å². The lowest BCUT2D eigenvalue weighted by Crippen LogP contribution is -2.46. The first-order valence-electron chi connectivity index (χ1n) is 9.97. The Labute approximate surface area is 170 Å². The largest absolute Gasteiger partial charge is 0.497 e. The van der Waals surface area contributed by atoms with Gasteiger partial charge >= 0.3 is 5.69 Å². The predicted octanol–water partition coefficient (Wildman–Crippen LogP) is 2.95. The molecule has 0 saturated carbocycles. The monoisotopic (exact) mass is 393 g/mol. The van der Waals surface area contributed by atoms with Crippen molar-refractivity contribution in [3.63, 3.8) is 0 Å². The van der Waals surface area contributed by atoms with E-state index in [-0.39, 0.29) is 11.7 Å². The van der Waals surface area contributed by atoms with Crippen LogP contribution in [0.1, 0.15) is 19.9 Å². The van der Waals surface area contributed by atoms with Crippen molar-refractivity contribution in [2.45, 2.75) is 19.9 Å². The first-order chi connectivity index (χ1) is 14.1. The SMILES string of the molecule is COc1ccc(N2CCN(c3ccc(-n4cnn(C(C)C)c4=O)cc3)CC2)cc1. The van der Waals surface area contributed by atoms with Crippen molar-refractivity contribution in [1.82, 2.24) is 14.3 Å². The molecule has 2 heterocycles. The summed E-state index contributed by atoms with van der Waals surface area (Å²) in [5, 5.41) is 4.20. The van der Waals surface area contributed by atoms with Gasteiger partial charge in [0.2, 0.25) is 0 Å². The molecule has 1 saturated heterocycles. The third kappa shape index (κ3) is 3.85. The molecule has 0 N–H and O–H groups in total. The van der Waals surface area contributed by atoms with Gasteiger partial charge in [0, 0.05) is 37.6 Å². The molecule has 0 radical (unpaired) electrons. The number of hydrogen-bond acceptors (Lipinski definition) is 5. The van der Waals surface area contributed by atoms with Gasteiger partial charge in [0.15, 0.2) is 0 Å². The van der Waals surface area contributed by atoms with Gasteiger partial charge in [-0.25, -0.2) is 14.0 Å². The van der Waals surface area contributed by atoms with Crippen LogP contribution in [0.25, 0.3) is 5.69 Å². The Morgan fingerprint density at radius 1 is 0.828 bits per heavy atom. The van der Waals surface area contributed by atoms with E-state index in [2.05, 4.69) is 39.2 Å². The molecule has 1 aromatic heterocycles. The van der Waals surface area contributed by atoms with Gasteiger partial charge in [0.25, 0.3) is 0 Å². The summed E-state index contributed by atoms with van der Waals surface area (Å²) in [6.07, 6.45) is 1.59. The zero-order chi connectivity index (χ0) is 20.4. The molecule has 1 aliphatic rings. The Bertz CT molecular complexity index is 997. The molecule has 0 spiro atoms.